The smallest absolute Gasteiger partial charge is 0.125 e. The van der Waals surface area contributed by atoms with Gasteiger partial charge in [-0.25, -0.2) is 4.98 Å². The Hall–Kier alpha value is -0.450. The van der Waals surface area contributed by atoms with Crippen LogP contribution in [0, 0.1) is 11.8 Å². The summed E-state index contributed by atoms with van der Waals surface area (Å²) < 4.78 is 5.94. The van der Waals surface area contributed by atoms with Crippen molar-refractivity contribution in [1.82, 2.24) is 4.98 Å². The van der Waals surface area contributed by atoms with E-state index in [1.165, 1.54) is 23.4 Å². The number of nitrogens with zero attached hydrogens (tertiary/aromatic N) is 1. The van der Waals surface area contributed by atoms with Crippen molar-refractivity contribution in [2.75, 3.05) is 7.11 Å². The Balaban J connectivity index is 2.28. The molecule has 1 fully saturated rings. The van der Waals surface area contributed by atoms with Gasteiger partial charge < -0.3 is 10.5 Å². The minimum Gasteiger partial charge on any atom is -0.371 e. The first-order chi connectivity index (χ1) is 9.50. The maximum Gasteiger partial charge on any atom is 0.125 e. The van der Waals surface area contributed by atoms with Crippen LogP contribution in [0.25, 0.3) is 0 Å². The van der Waals surface area contributed by atoms with E-state index in [4.69, 9.17) is 15.5 Å². The molecular weight excluding hydrogens is 268 g/mol. The summed E-state index contributed by atoms with van der Waals surface area (Å²) in [6.07, 6.45) is 5.64. The van der Waals surface area contributed by atoms with Crippen LogP contribution in [-0.4, -0.2) is 12.1 Å². The zero-order chi connectivity index (χ0) is 14.8. The molecule has 0 amide bonds. The molecule has 1 saturated carbocycles. The number of nitrogens with two attached hydrogens (primary N) is 1. The lowest BCUT2D eigenvalue weighted by Gasteiger charge is -2.36. The van der Waals surface area contributed by atoms with Crippen molar-refractivity contribution in [3.63, 3.8) is 0 Å². The highest BCUT2D eigenvalue weighted by molar-refractivity contribution is 7.11. The van der Waals surface area contributed by atoms with E-state index in [1.54, 1.807) is 11.3 Å². The summed E-state index contributed by atoms with van der Waals surface area (Å²) in [4.78, 5) is 6.17. The van der Waals surface area contributed by atoms with E-state index in [9.17, 15) is 0 Å². The maximum atomic E-state index is 5.94. The first-order valence-corrected chi connectivity index (χ1v) is 8.56. The second kappa shape index (κ2) is 6.54. The van der Waals surface area contributed by atoms with Crippen molar-refractivity contribution in [3.05, 3.63) is 15.6 Å². The molecule has 2 rings (SSSR count). The SMILES string of the molecule is COC1(c2nc(CC(C)C)c(CN)s2)CCC(C)CC1. The van der Waals surface area contributed by atoms with Gasteiger partial charge in [0.25, 0.3) is 0 Å². The van der Waals surface area contributed by atoms with Crippen LogP contribution in [0.1, 0.15) is 62.0 Å². The third-order valence-electron chi connectivity index (χ3n) is 4.43. The van der Waals surface area contributed by atoms with Crippen LogP contribution >= 0.6 is 11.3 Å². The van der Waals surface area contributed by atoms with E-state index in [0.29, 0.717) is 12.5 Å². The predicted molar refractivity (Wildman–Crippen MR) is 84.9 cm³/mol. The summed E-state index contributed by atoms with van der Waals surface area (Å²) in [5.74, 6) is 1.42. The highest BCUT2D eigenvalue weighted by Crippen LogP contribution is 2.44. The molecule has 0 spiro atoms. The van der Waals surface area contributed by atoms with E-state index in [2.05, 4.69) is 20.8 Å². The summed E-state index contributed by atoms with van der Waals surface area (Å²) in [6.45, 7) is 7.38. The van der Waals surface area contributed by atoms with Gasteiger partial charge in [0.2, 0.25) is 0 Å². The lowest BCUT2D eigenvalue weighted by atomic mass is 9.80. The molecule has 1 aliphatic carbocycles. The largest absolute Gasteiger partial charge is 0.371 e. The minimum atomic E-state index is -0.156. The Morgan fingerprint density at radius 3 is 2.55 bits per heavy atom. The topological polar surface area (TPSA) is 48.1 Å². The maximum absolute atomic E-state index is 5.94. The summed E-state index contributed by atoms with van der Waals surface area (Å²) >= 11 is 1.77. The standard InChI is InChI=1S/C16H28N2OS/c1-11(2)9-13-14(10-17)20-15(18-13)16(19-4)7-5-12(3)6-8-16/h11-12H,5-10,17H2,1-4H3. The second-order valence-corrected chi connectivity index (χ2v) is 7.66. The van der Waals surface area contributed by atoms with Gasteiger partial charge in [0.15, 0.2) is 0 Å². The molecule has 2 N–H and O–H groups in total. The molecule has 0 bridgehead atoms. The van der Waals surface area contributed by atoms with Crippen LogP contribution in [-0.2, 0) is 23.3 Å². The molecule has 4 heteroatoms. The fraction of sp³-hybridized carbons (Fsp3) is 0.812. The Morgan fingerprint density at radius 1 is 1.40 bits per heavy atom. The summed E-state index contributed by atoms with van der Waals surface area (Å²) in [7, 11) is 1.83. The van der Waals surface area contributed by atoms with Crippen LogP contribution in [0.5, 0.6) is 0 Å². The Morgan fingerprint density at radius 2 is 2.05 bits per heavy atom. The average Bonchev–Trinajstić information content (AvgIpc) is 2.83. The number of methoxy groups -OCH3 is 1. The Labute approximate surface area is 126 Å². The summed E-state index contributed by atoms with van der Waals surface area (Å²) in [5, 5.41) is 1.16. The van der Waals surface area contributed by atoms with Crippen molar-refractivity contribution in [1.29, 1.82) is 0 Å². The van der Waals surface area contributed by atoms with Gasteiger partial charge in [-0.1, -0.05) is 20.8 Å². The first-order valence-electron chi connectivity index (χ1n) is 7.75. The van der Waals surface area contributed by atoms with Crippen LogP contribution in [0.2, 0.25) is 0 Å². The van der Waals surface area contributed by atoms with Crippen LogP contribution < -0.4 is 5.73 Å². The molecular formula is C16H28N2OS. The number of aromatic nitrogens is 1. The van der Waals surface area contributed by atoms with Gasteiger partial charge in [-0.05, 0) is 43.9 Å². The third kappa shape index (κ3) is 3.23. The molecule has 1 heterocycles. The van der Waals surface area contributed by atoms with Gasteiger partial charge in [-0.15, -0.1) is 11.3 Å². The molecule has 1 aromatic rings. The average molecular weight is 296 g/mol. The summed E-state index contributed by atoms with van der Waals surface area (Å²) in [6, 6.07) is 0. The van der Waals surface area contributed by atoms with E-state index in [-0.39, 0.29) is 5.60 Å². The third-order valence-corrected chi connectivity index (χ3v) is 5.73. The normalized spacial score (nSPS) is 27.2. The van der Waals surface area contributed by atoms with Crippen LogP contribution in [0.3, 0.4) is 0 Å². The molecule has 1 aromatic heterocycles. The first kappa shape index (κ1) is 15.9. The van der Waals surface area contributed by atoms with Crippen molar-refractivity contribution in [2.24, 2.45) is 17.6 Å². The highest BCUT2D eigenvalue weighted by atomic mass is 32.1. The molecule has 0 unspecified atom stereocenters. The van der Waals surface area contributed by atoms with Gasteiger partial charge in [0, 0.05) is 18.5 Å². The van der Waals surface area contributed by atoms with Crippen molar-refractivity contribution in [2.45, 2.75) is 65.0 Å². The van der Waals surface area contributed by atoms with E-state index in [0.717, 1.165) is 30.2 Å². The predicted octanol–water partition coefficient (Wildman–Crippen LogP) is 3.85. The van der Waals surface area contributed by atoms with Crippen molar-refractivity contribution in [3.8, 4) is 0 Å². The molecule has 0 aromatic carbocycles. The summed E-state index contributed by atoms with van der Waals surface area (Å²) in [5.41, 5.74) is 6.94. The van der Waals surface area contributed by atoms with Gasteiger partial charge in [-0.2, -0.15) is 0 Å². The molecule has 20 heavy (non-hydrogen) atoms. The molecule has 114 valence electrons. The van der Waals surface area contributed by atoms with Gasteiger partial charge >= 0.3 is 0 Å². The number of ether oxygens (including phenoxy) is 1. The number of hydrogen-bond donors (Lipinski definition) is 1. The Bertz CT molecular complexity index is 434. The van der Waals surface area contributed by atoms with E-state index in [1.807, 2.05) is 7.11 Å². The lowest BCUT2D eigenvalue weighted by molar-refractivity contribution is -0.0532. The lowest BCUT2D eigenvalue weighted by Crippen LogP contribution is -2.33. The molecule has 0 radical (unpaired) electrons. The van der Waals surface area contributed by atoms with Crippen LogP contribution in [0.15, 0.2) is 0 Å². The van der Waals surface area contributed by atoms with Crippen molar-refractivity contribution >= 4 is 11.3 Å². The molecule has 0 atom stereocenters. The van der Waals surface area contributed by atoms with E-state index < -0.39 is 0 Å². The zero-order valence-corrected chi connectivity index (χ0v) is 14.1. The molecule has 0 saturated heterocycles. The number of rotatable bonds is 5. The fourth-order valence-electron chi connectivity index (χ4n) is 3.02. The van der Waals surface area contributed by atoms with E-state index >= 15 is 0 Å². The van der Waals surface area contributed by atoms with Gasteiger partial charge in [-0.3, -0.25) is 0 Å². The number of hydrogen-bond acceptors (Lipinski definition) is 4. The van der Waals surface area contributed by atoms with Crippen LogP contribution in [0.4, 0.5) is 0 Å². The van der Waals surface area contributed by atoms with Crippen molar-refractivity contribution < 1.29 is 4.74 Å². The Kier molecular flexibility index (Phi) is 5.21. The number of thiazole rings is 1. The van der Waals surface area contributed by atoms with Gasteiger partial charge in [0.05, 0.1) is 5.69 Å². The molecule has 0 aliphatic heterocycles. The highest BCUT2D eigenvalue weighted by Gasteiger charge is 2.39. The fourth-order valence-corrected chi connectivity index (χ4v) is 4.21. The zero-order valence-electron chi connectivity index (χ0n) is 13.2. The minimum absolute atomic E-state index is 0.156. The quantitative estimate of drug-likeness (QED) is 0.897. The van der Waals surface area contributed by atoms with Gasteiger partial charge in [0.1, 0.15) is 10.6 Å². The molecule has 3 nitrogen and oxygen atoms in total. The monoisotopic (exact) mass is 296 g/mol. The second-order valence-electron chi connectivity index (χ2n) is 6.57. The molecule has 1 aliphatic rings.